The zero-order valence-electron chi connectivity index (χ0n) is 15.0. The third-order valence-electron chi connectivity index (χ3n) is 4.41. The average molecular weight is 358 g/mol. The molecule has 0 unspecified atom stereocenters. The highest BCUT2D eigenvalue weighted by atomic mass is 16.9. The number of hydrogen-bond acceptors (Lipinski definition) is 7. The van der Waals surface area contributed by atoms with E-state index in [1.807, 2.05) is 13.8 Å². The maximum atomic E-state index is 11.9. The van der Waals surface area contributed by atoms with Crippen molar-refractivity contribution in [2.45, 2.75) is 76.2 Å². The van der Waals surface area contributed by atoms with Crippen molar-refractivity contribution >= 4 is 11.8 Å². The first-order valence-electron chi connectivity index (χ1n) is 8.45. The normalized spacial score (nSPS) is 38.0. The maximum absolute atomic E-state index is 11.9. The molecule has 0 aromatic rings. The summed E-state index contributed by atoms with van der Waals surface area (Å²) >= 11 is 0. The quantitative estimate of drug-likeness (QED) is 0.696. The van der Waals surface area contributed by atoms with Gasteiger partial charge in [-0.05, 0) is 27.7 Å². The van der Waals surface area contributed by atoms with E-state index in [2.05, 4.69) is 5.32 Å². The van der Waals surface area contributed by atoms with Crippen LogP contribution in [0.1, 0.15) is 40.5 Å². The topological polar surface area (TPSA) is 118 Å². The minimum atomic E-state index is -1.17. The van der Waals surface area contributed by atoms with E-state index in [4.69, 9.17) is 29.4 Å². The van der Waals surface area contributed by atoms with Crippen molar-refractivity contribution in [3.05, 3.63) is 0 Å². The van der Waals surface area contributed by atoms with Crippen molar-refractivity contribution in [2.75, 3.05) is 13.2 Å². The first-order valence-corrected chi connectivity index (χ1v) is 8.45. The highest BCUT2D eigenvalue weighted by molar-refractivity contribution is 5.82. The van der Waals surface area contributed by atoms with Crippen LogP contribution in [0.15, 0.2) is 0 Å². The maximum Gasteiger partial charge on any atom is 0.220 e. The second-order valence-corrected chi connectivity index (χ2v) is 7.54. The van der Waals surface area contributed by atoms with Crippen molar-refractivity contribution in [1.29, 1.82) is 0 Å². The molecular formula is C16H26N2O7. The Morgan fingerprint density at radius 3 is 2.48 bits per heavy atom. The summed E-state index contributed by atoms with van der Waals surface area (Å²) < 4.78 is 29.8. The predicted molar refractivity (Wildman–Crippen MR) is 84.0 cm³/mol. The van der Waals surface area contributed by atoms with Crippen LogP contribution in [0.25, 0.3) is 0 Å². The molecule has 3 heterocycles. The third-order valence-corrected chi connectivity index (χ3v) is 4.41. The van der Waals surface area contributed by atoms with Crippen molar-refractivity contribution in [3.63, 3.8) is 0 Å². The Labute approximate surface area is 146 Å². The molecule has 3 N–H and O–H groups in total. The van der Waals surface area contributed by atoms with E-state index in [0.717, 1.165) is 0 Å². The van der Waals surface area contributed by atoms with Crippen molar-refractivity contribution in [2.24, 2.45) is 5.73 Å². The number of amides is 2. The second kappa shape index (κ2) is 6.17. The Bertz CT molecular complexity index is 565. The van der Waals surface area contributed by atoms with Crippen molar-refractivity contribution < 1.29 is 33.3 Å². The summed E-state index contributed by atoms with van der Waals surface area (Å²) in [6.45, 7) is 7.56. The van der Waals surface area contributed by atoms with Crippen LogP contribution in [0, 0.1) is 0 Å². The van der Waals surface area contributed by atoms with Crippen LogP contribution in [-0.2, 0) is 33.3 Å². The molecule has 3 fully saturated rings. The number of fused-ring (bicyclic) bond motifs is 3. The lowest BCUT2D eigenvalue weighted by Gasteiger charge is -2.40. The fourth-order valence-electron chi connectivity index (χ4n) is 3.53. The molecule has 0 bridgehead atoms. The van der Waals surface area contributed by atoms with E-state index in [1.165, 1.54) is 0 Å². The fourth-order valence-corrected chi connectivity index (χ4v) is 3.53. The van der Waals surface area contributed by atoms with E-state index in [-0.39, 0.29) is 44.1 Å². The molecule has 3 rings (SSSR count). The molecule has 0 spiro atoms. The zero-order valence-corrected chi connectivity index (χ0v) is 15.0. The van der Waals surface area contributed by atoms with E-state index in [9.17, 15) is 9.59 Å². The van der Waals surface area contributed by atoms with Gasteiger partial charge in [-0.3, -0.25) is 9.59 Å². The van der Waals surface area contributed by atoms with Gasteiger partial charge >= 0.3 is 0 Å². The van der Waals surface area contributed by atoms with Gasteiger partial charge in [0.2, 0.25) is 17.6 Å². The molecular weight excluding hydrogens is 332 g/mol. The van der Waals surface area contributed by atoms with Gasteiger partial charge in [-0.25, -0.2) is 0 Å². The number of hydrogen-bond donors (Lipinski definition) is 2. The van der Waals surface area contributed by atoms with Crippen LogP contribution in [0.3, 0.4) is 0 Å². The van der Waals surface area contributed by atoms with E-state index < -0.39 is 29.4 Å². The SMILES string of the molecule is CC1(C)O[C@@H]2[C@@H](CO[C@@]3(CNC(=O)CCC(N)=O)OC(C)(C)O[C@@H]23)O1. The molecule has 142 valence electrons. The lowest BCUT2D eigenvalue weighted by molar-refractivity contribution is -0.277. The Morgan fingerprint density at radius 2 is 1.80 bits per heavy atom. The van der Waals surface area contributed by atoms with Gasteiger partial charge in [0.1, 0.15) is 18.3 Å². The molecule has 4 atom stereocenters. The molecule has 9 nitrogen and oxygen atoms in total. The van der Waals surface area contributed by atoms with Gasteiger partial charge in [-0.15, -0.1) is 0 Å². The van der Waals surface area contributed by atoms with Crippen LogP contribution in [-0.4, -0.2) is 60.6 Å². The summed E-state index contributed by atoms with van der Waals surface area (Å²) in [5, 5.41) is 2.74. The number of nitrogens with two attached hydrogens (primary N) is 1. The number of primary amides is 1. The number of ether oxygens (including phenoxy) is 5. The molecule has 3 aliphatic heterocycles. The Kier molecular flexibility index (Phi) is 4.57. The highest BCUT2D eigenvalue weighted by Crippen LogP contribution is 2.47. The molecule has 9 heteroatoms. The highest BCUT2D eigenvalue weighted by Gasteiger charge is 2.65. The van der Waals surface area contributed by atoms with Crippen molar-refractivity contribution in [3.8, 4) is 0 Å². The van der Waals surface area contributed by atoms with E-state index in [1.54, 1.807) is 13.8 Å². The summed E-state index contributed by atoms with van der Waals surface area (Å²) in [4.78, 5) is 22.7. The molecule has 0 aromatic heterocycles. The number of carbonyl (C=O) groups is 2. The Hall–Kier alpha value is -1.26. The van der Waals surface area contributed by atoms with Gasteiger partial charge in [-0.2, -0.15) is 0 Å². The molecule has 3 saturated heterocycles. The minimum Gasteiger partial charge on any atom is -0.370 e. The average Bonchev–Trinajstić information content (AvgIpc) is 2.94. The summed E-state index contributed by atoms with van der Waals surface area (Å²) in [6, 6.07) is 0. The van der Waals surface area contributed by atoms with Gasteiger partial charge in [0.25, 0.3) is 0 Å². The smallest absolute Gasteiger partial charge is 0.220 e. The van der Waals surface area contributed by atoms with Crippen molar-refractivity contribution in [1.82, 2.24) is 5.32 Å². The molecule has 2 amide bonds. The first kappa shape index (κ1) is 18.5. The van der Waals surface area contributed by atoms with Gasteiger partial charge in [0, 0.05) is 12.8 Å². The lowest BCUT2D eigenvalue weighted by Crippen LogP contribution is -2.62. The van der Waals surface area contributed by atoms with Crippen LogP contribution in [0.5, 0.6) is 0 Å². The summed E-state index contributed by atoms with van der Waals surface area (Å²) in [7, 11) is 0. The van der Waals surface area contributed by atoms with Crippen LogP contribution >= 0.6 is 0 Å². The van der Waals surface area contributed by atoms with Crippen LogP contribution < -0.4 is 11.1 Å². The predicted octanol–water partition coefficient (Wildman–Crippen LogP) is -0.234. The summed E-state index contributed by atoms with van der Waals surface area (Å²) in [5.41, 5.74) is 5.06. The Morgan fingerprint density at radius 1 is 1.08 bits per heavy atom. The molecule has 0 aliphatic carbocycles. The van der Waals surface area contributed by atoms with Crippen LogP contribution in [0.2, 0.25) is 0 Å². The van der Waals surface area contributed by atoms with Gasteiger partial charge < -0.3 is 34.7 Å². The first-order chi connectivity index (χ1) is 11.5. The summed E-state index contributed by atoms with van der Waals surface area (Å²) in [5.74, 6) is -3.64. The molecule has 25 heavy (non-hydrogen) atoms. The number of carbonyl (C=O) groups excluding carboxylic acids is 2. The number of nitrogens with one attached hydrogen (secondary N) is 1. The summed E-state index contributed by atoms with van der Waals surface area (Å²) in [6.07, 6.45) is -1.19. The van der Waals surface area contributed by atoms with E-state index >= 15 is 0 Å². The number of rotatable bonds is 5. The van der Waals surface area contributed by atoms with Gasteiger partial charge in [0.05, 0.1) is 13.2 Å². The monoisotopic (exact) mass is 358 g/mol. The molecule has 3 aliphatic rings. The minimum absolute atomic E-state index is 0.0121. The molecule has 0 aromatic carbocycles. The van der Waals surface area contributed by atoms with Gasteiger partial charge in [-0.1, -0.05) is 0 Å². The fraction of sp³-hybridized carbons (Fsp3) is 0.875. The second-order valence-electron chi connectivity index (χ2n) is 7.54. The third kappa shape index (κ3) is 3.80. The van der Waals surface area contributed by atoms with Crippen LogP contribution in [0.4, 0.5) is 0 Å². The Balaban J connectivity index is 1.71. The van der Waals surface area contributed by atoms with Gasteiger partial charge in [0.15, 0.2) is 11.6 Å². The largest absolute Gasteiger partial charge is 0.370 e. The molecule has 0 saturated carbocycles. The standard InChI is InChI=1S/C16H26N2O7/c1-14(2)22-9-7-21-16(8-18-11(20)6-5-10(17)19)13(12(9)23-14)24-15(3,4)25-16/h9,12-13H,5-8H2,1-4H3,(H2,17,19)(H,18,20)/t9-,12-,13+,16+/m1/s1. The molecule has 0 radical (unpaired) electrons. The zero-order chi connectivity index (χ0) is 18.5. The lowest BCUT2D eigenvalue weighted by atomic mass is 9.97. The van der Waals surface area contributed by atoms with E-state index in [0.29, 0.717) is 0 Å².